The van der Waals surface area contributed by atoms with Gasteiger partial charge in [0, 0.05) is 16.8 Å². The molecule has 0 aliphatic carbocycles. The number of anilines is 1. The smallest absolute Gasteiger partial charge is 0.337 e. The first-order valence-corrected chi connectivity index (χ1v) is 7.48. The number of halogens is 1. The van der Waals surface area contributed by atoms with Crippen molar-refractivity contribution in [2.75, 3.05) is 17.6 Å². The van der Waals surface area contributed by atoms with Crippen molar-refractivity contribution in [2.24, 2.45) is 0 Å². The molecule has 1 fully saturated rings. The van der Waals surface area contributed by atoms with E-state index in [9.17, 15) is 4.79 Å². The van der Waals surface area contributed by atoms with Crippen LogP contribution in [0.5, 0.6) is 0 Å². The topological polar surface area (TPSA) is 49.3 Å². The lowest BCUT2D eigenvalue weighted by Gasteiger charge is -2.22. The minimum atomic E-state index is -0.925. The number of rotatable bonds is 4. The summed E-state index contributed by atoms with van der Waals surface area (Å²) in [7, 11) is 0. The maximum Gasteiger partial charge on any atom is 0.337 e. The summed E-state index contributed by atoms with van der Waals surface area (Å²) in [6.07, 6.45) is 3.75. The highest BCUT2D eigenvalue weighted by molar-refractivity contribution is 7.99. The van der Waals surface area contributed by atoms with Crippen LogP contribution in [-0.4, -0.2) is 28.6 Å². The van der Waals surface area contributed by atoms with Gasteiger partial charge in [0.15, 0.2) is 0 Å². The van der Waals surface area contributed by atoms with Gasteiger partial charge in [-0.2, -0.15) is 11.8 Å². The highest BCUT2D eigenvalue weighted by Gasteiger charge is 2.15. The largest absolute Gasteiger partial charge is 0.478 e. The Morgan fingerprint density at radius 2 is 2.33 bits per heavy atom. The minimum Gasteiger partial charge on any atom is -0.478 e. The normalized spacial score (nSPS) is 19.5. The number of aromatic carboxylic acids is 1. The maximum atomic E-state index is 11.1. The second-order valence-electron chi connectivity index (χ2n) is 4.36. The van der Waals surface area contributed by atoms with Crippen LogP contribution in [0.15, 0.2) is 18.2 Å². The van der Waals surface area contributed by atoms with Crippen molar-refractivity contribution in [1.82, 2.24) is 0 Å². The summed E-state index contributed by atoms with van der Waals surface area (Å²) < 4.78 is 0. The highest BCUT2D eigenvalue weighted by atomic mass is 35.5. The molecular weight excluding hydrogens is 270 g/mol. The summed E-state index contributed by atoms with van der Waals surface area (Å²) in [5.74, 6) is 0.277. The predicted molar refractivity (Wildman–Crippen MR) is 77.0 cm³/mol. The van der Waals surface area contributed by atoms with E-state index < -0.39 is 5.97 Å². The average molecular weight is 286 g/mol. The third kappa shape index (κ3) is 3.56. The molecule has 1 unspecified atom stereocenters. The molecule has 5 heteroatoms. The number of carbonyl (C=O) groups is 1. The highest BCUT2D eigenvalue weighted by Crippen LogP contribution is 2.27. The lowest BCUT2D eigenvalue weighted by molar-refractivity contribution is 0.0698. The minimum absolute atomic E-state index is 0.278. The number of carboxylic acids is 1. The van der Waals surface area contributed by atoms with Crippen molar-refractivity contribution in [3.05, 3.63) is 28.8 Å². The van der Waals surface area contributed by atoms with Crippen LogP contribution < -0.4 is 5.32 Å². The summed E-state index contributed by atoms with van der Waals surface area (Å²) in [6, 6.07) is 4.82. The molecule has 0 spiro atoms. The zero-order chi connectivity index (χ0) is 13.0. The summed E-state index contributed by atoms with van der Waals surface area (Å²) in [5, 5.41) is 13.4. The van der Waals surface area contributed by atoms with Gasteiger partial charge in [-0.25, -0.2) is 4.79 Å². The van der Waals surface area contributed by atoms with Gasteiger partial charge in [-0.3, -0.25) is 0 Å². The Hall–Kier alpha value is -0.870. The van der Waals surface area contributed by atoms with E-state index in [2.05, 4.69) is 5.32 Å². The van der Waals surface area contributed by atoms with Gasteiger partial charge in [-0.05, 0) is 36.8 Å². The predicted octanol–water partition coefficient (Wildman–Crippen LogP) is 3.74. The SMILES string of the molecule is O=C(O)c1ccc(Cl)cc1NCC1CCCCS1. The molecule has 0 saturated carbocycles. The van der Waals surface area contributed by atoms with Crippen molar-refractivity contribution < 1.29 is 9.90 Å². The van der Waals surface area contributed by atoms with Gasteiger partial charge in [-0.15, -0.1) is 0 Å². The fraction of sp³-hybridized carbons (Fsp3) is 0.462. The van der Waals surface area contributed by atoms with Gasteiger partial charge in [0.1, 0.15) is 0 Å². The standard InChI is InChI=1S/C13H16ClNO2S/c14-9-4-5-11(13(16)17)12(7-9)15-8-10-3-1-2-6-18-10/h4-5,7,10,15H,1-3,6,8H2,(H,16,17). The van der Waals surface area contributed by atoms with Gasteiger partial charge < -0.3 is 10.4 Å². The van der Waals surface area contributed by atoms with Gasteiger partial charge in [0.25, 0.3) is 0 Å². The molecule has 0 radical (unpaired) electrons. The van der Waals surface area contributed by atoms with Crippen LogP contribution in [0.3, 0.4) is 0 Å². The molecule has 1 aromatic rings. The third-order valence-electron chi connectivity index (χ3n) is 3.01. The molecule has 1 atom stereocenters. The van der Waals surface area contributed by atoms with Crippen LogP contribution in [0.1, 0.15) is 29.6 Å². The Labute approximate surface area is 116 Å². The summed E-state index contributed by atoms with van der Waals surface area (Å²) in [4.78, 5) is 11.1. The molecule has 2 N–H and O–H groups in total. The summed E-state index contributed by atoms with van der Waals surface area (Å²) >= 11 is 7.86. The van der Waals surface area contributed by atoms with Crippen molar-refractivity contribution >= 4 is 35.0 Å². The van der Waals surface area contributed by atoms with E-state index in [4.69, 9.17) is 16.7 Å². The Morgan fingerprint density at radius 1 is 1.50 bits per heavy atom. The molecule has 1 aliphatic heterocycles. The summed E-state index contributed by atoms with van der Waals surface area (Å²) in [5.41, 5.74) is 0.890. The molecule has 1 aliphatic rings. The van der Waals surface area contributed by atoms with Crippen molar-refractivity contribution in [3.8, 4) is 0 Å². The Balaban J connectivity index is 2.03. The molecular formula is C13H16ClNO2S. The number of hydrogen-bond acceptors (Lipinski definition) is 3. The van der Waals surface area contributed by atoms with Crippen molar-refractivity contribution in [2.45, 2.75) is 24.5 Å². The van der Waals surface area contributed by atoms with Crippen LogP contribution in [0, 0.1) is 0 Å². The van der Waals surface area contributed by atoms with Crippen LogP contribution in [0.25, 0.3) is 0 Å². The zero-order valence-corrected chi connectivity index (χ0v) is 11.6. The summed E-state index contributed by atoms with van der Waals surface area (Å²) in [6.45, 7) is 0.797. The van der Waals surface area contributed by atoms with Crippen molar-refractivity contribution in [3.63, 3.8) is 0 Å². The van der Waals surface area contributed by atoms with Gasteiger partial charge >= 0.3 is 5.97 Å². The fourth-order valence-electron chi connectivity index (χ4n) is 2.04. The Kier molecular flexibility index (Phi) is 4.78. The first-order valence-electron chi connectivity index (χ1n) is 6.05. The van der Waals surface area contributed by atoms with Crippen LogP contribution in [0.2, 0.25) is 5.02 Å². The molecule has 1 heterocycles. The molecule has 0 aromatic heterocycles. The number of carboxylic acid groups (broad SMARTS) is 1. The fourth-order valence-corrected chi connectivity index (χ4v) is 3.45. The maximum absolute atomic E-state index is 11.1. The van der Waals surface area contributed by atoms with Gasteiger partial charge in [-0.1, -0.05) is 18.0 Å². The number of thioether (sulfide) groups is 1. The van der Waals surface area contributed by atoms with E-state index in [1.54, 1.807) is 18.2 Å². The monoisotopic (exact) mass is 285 g/mol. The molecule has 3 nitrogen and oxygen atoms in total. The van der Waals surface area contributed by atoms with E-state index in [1.807, 2.05) is 11.8 Å². The van der Waals surface area contributed by atoms with Gasteiger partial charge in [0.05, 0.1) is 11.3 Å². The second-order valence-corrected chi connectivity index (χ2v) is 6.21. The number of nitrogens with one attached hydrogen (secondary N) is 1. The van der Waals surface area contributed by atoms with Gasteiger partial charge in [0.2, 0.25) is 0 Å². The second kappa shape index (κ2) is 6.34. The molecule has 0 bridgehead atoms. The molecule has 0 amide bonds. The Bertz CT molecular complexity index is 433. The van der Waals surface area contributed by atoms with E-state index in [-0.39, 0.29) is 5.56 Å². The molecule has 2 rings (SSSR count). The molecule has 1 aromatic carbocycles. The first-order chi connectivity index (χ1) is 8.66. The number of hydrogen-bond donors (Lipinski definition) is 2. The van der Waals surface area contributed by atoms with E-state index >= 15 is 0 Å². The quantitative estimate of drug-likeness (QED) is 0.885. The Morgan fingerprint density at radius 3 is 3.00 bits per heavy atom. The van der Waals surface area contributed by atoms with Crippen molar-refractivity contribution in [1.29, 1.82) is 0 Å². The zero-order valence-electron chi connectivity index (χ0n) is 9.99. The van der Waals surface area contributed by atoms with E-state index in [1.165, 1.54) is 25.0 Å². The van der Waals surface area contributed by atoms with Crippen LogP contribution in [-0.2, 0) is 0 Å². The molecule has 18 heavy (non-hydrogen) atoms. The van der Waals surface area contributed by atoms with E-state index in [0.29, 0.717) is 16.0 Å². The van der Waals surface area contributed by atoms with Crippen LogP contribution in [0.4, 0.5) is 5.69 Å². The molecule has 1 saturated heterocycles. The van der Waals surface area contributed by atoms with E-state index in [0.717, 1.165) is 6.54 Å². The number of benzene rings is 1. The lowest BCUT2D eigenvalue weighted by Crippen LogP contribution is -2.21. The van der Waals surface area contributed by atoms with Crippen LogP contribution >= 0.6 is 23.4 Å². The average Bonchev–Trinajstić information content (AvgIpc) is 2.37. The first kappa shape index (κ1) is 13.6. The third-order valence-corrected chi connectivity index (χ3v) is 4.64. The molecule has 98 valence electrons. The lowest BCUT2D eigenvalue weighted by atomic mass is 10.1.